The van der Waals surface area contributed by atoms with Crippen molar-refractivity contribution >= 4 is 23.5 Å². The topological polar surface area (TPSA) is 94.2 Å². The first kappa shape index (κ1) is 25.2. The van der Waals surface area contributed by atoms with Crippen molar-refractivity contribution in [1.29, 1.82) is 0 Å². The first-order chi connectivity index (χ1) is 16.3. The molecule has 0 saturated carbocycles. The maximum absolute atomic E-state index is 14.0. The number of carbonyl (C=O) groups excluding carboxylic acids is 3. The Labute approximate surface area is 200 Å². The lowest BCUT2D eigenvalue weighted by Crippen LogP contribution is -2.81. The van der Waals surface area contributed by atoms with E-state index in [0.717, 1.165) is 5.56 Å². The van der Waals surface area contributed by atoms with Crippen LogP contribution in [0.15, 0.2) is 54.6 Å². The number of ether oxygens (including phenoxy) is 3. The lowest BCUT2D eigenvalue weighted by Gasteiger charge is -2.58. The van der Waals surface area contributed by atoms with Crippen LogP contribution in [0.25, 0.3) is 0 Å². The summed E-state index contributed by atoms with van der Waals surface area (Å²) in [6, 6.07) is 15.5. The molecule has 1 heterocycles. The number of esters is 2. The van der Waals surface area contributed by atoms with Gasteiger partial charge in [0.25, 0.3) is 5.91 Å². The molecule has 8 nitrogen and oxygen atoms in total. The summed E-state index contributed by atoms with van der Waals surface area (Å²) >= 11 is 0. The zero-order valence-corrected chi connectivity index (χ0v) is 20.2. The summed E-state index contributed by atoms with van der Waals surface area (Å²) in [5, 5.41) is 3.27. The second kappa shape index (κ2) is 10.7. The lowest BCUT2D eigenvalue weighted by molar-refractivity contribution is -0.173. The molecule has 0 unspecified atom stereocenters. The molecule has 2 aromatic rings. The fraction of sp³-hybridized carbons (Fsp3) is 0.423. The smallest absolute Gasteiger partial charge is 0.322 e. The molecule has 1 fully saturated rings. The summed E-state index contributed by atoms with van der Waals surface area (Å²) in [6.07, 6.45) is 0. The fourth-order valence-corrected chi connectivity index (χ4v) is 4.53. The lowest BCUT2D eigenvalue weighted by atomic mass is 9.66. The Kier molecular flexibility index (Phi) is 7.94. The molecule has 2 atom stereocenters. The molecule has 8 heteroatoms. The number of hydrogen-bond acceptors (Lipinski definition) is 7. The number of carbonyl (C=O) groups is 3. The Balaban J connectivity index is 2.22. The number of methoxy groups -OCH3 is 1. The van der Waals surface area contributed by atoms with Crippen molar-refractivity contribution in [3.05, 3.63) is 60.2 Å². The van der Waals surface area contributed by atoms with Crippen LogP contribution in [0.4, 0.5) is 5.69 Å². The third-order valence-electron chi connectivity index (χ3n) is 5.76. The number of hydrogen-bond donors (Lipinski definition) is 1. The Morgan fingerprint density at radius 2 is 1.53 bits per heavy atom. The number of amides is 1. The standard InChI is InChI=1S/C26H32N2O6/c1-6-33-23(29)21(24(30)34-7-2)26(27-17(3)4)22(18-11-9-8-10-12-18)28(25(26)31)19-13-15-20(32-5)16-14-19/h8-17,21-22,27H,6-7H2,1-5H3/t22-,26-/m1/s1. The minimum absolute atomic E-state index is 0.0683. The van der Waals surface area contributed by atoms with Crippen LogP contribution >= 0.6 is 0 Å². The van der Waals surface area contributed by atoms with Crippen molar-refractivity contribution in [2.45, 2.75) is 45.3 Å². The van der Waals surface area contributed by atoms with Gasteiger partial charge in [0.15, 0.2) is 5.92 Å². The van der Waals surface area contributed by atoms with E-state index < -0.39 is 35.3 Å². The Hall–Kier alpha value is -3.39. The largest absolute Gasteiger partial charge is 0.497 e. The number of β-lactam (4-membered cyclic amide) rings is 1. The van der Waals surface area contributed by atoms with E-state index in [4.69, 9.17) is 14.2 Å². The molecule has 3 rings (SSSR count). The summed E-state index contributed by atoms with van der Waals surface area (Å²) in [5.74, 6) is -2.83. The number of anilines is 1. The maximum atomic E-state index is 14.0. The van der Waals surface area contributed by atoms with E-state index in [1.54, 1.807) is 50.1 Å². The van der Waals surface area contributed by atoms with Gasteiger partial charge in [-0.2, -0.15) is 0 Å². The van der Waals surface area contributed by atoms with Gasteiger partial charge in [0.1, 0.15) is 11.3 Å². The van der Waals surface area contributed by atoms with Crippen molar-refractivity contribution in [3.63, 3.8) is 0 Å². The van der Waals surface area contributed by atoms with E-state index in [-0.39, 0.29) is 19.3 Å². The predicted octanol–water partition coefficient (Wildman–Crippen LogP) is 3.26. The molecule has 0 bridgehead atoms. The highest BCUT2D eigenvalue weighted by Crippen LogP contribution is 2.51. The van der Waals surface area contributed by atoms with Gasteiger partial charge in [-0.1, -0.05) is 30.3 Å². The molecule has 1 amide bonds. The molecular weight excluding hydrogens is 436 g/mol. The highest BCUT2D eigenvalue weighted by molar-refractivity contribution is 6.16. The minimum Gasteiger partial charge on any atom is -0.497 e. The zero-order valence-electron chi connectivity index (χ0n) is 20.2. The highest BCUT2D eigenvalue weighted by Gasteiger charge is 2.70. The van der Waals surface area contributed by atoms with Gasteiger partial charge < -0.3 is 19.1 Å². The normalized spacial score (nSPS) is 19.7. The van der Waals surface area contributed by atoms with Gasteiger partial charge >= 0.3 is 11.9 Å². The van der Waals surface area contributed by atoms with E-state index in [9.17, 15) is 14.4 Å². The average molecular weight is 469 g/mol. The van der Waals surface area contributed by atoms with Gasteiger partial charge in [0.05, 0.1) is 26.4 Å². The molecule has 0 aromatic heterocycles. The van der Waals surface area contributed by atoms with Crippen LogP contribution in [0.1, 0.15) is 39.3 Å². The Bertz CT molecular complexity index is 990. The van der Waals surface area contributed by atoms with E-state index >= 15 is 0 Å². The molecular formula is C26H32N2O6. The maximum Gasteiger partial charge on any atom is 0.322 e. The van der Waals surface area contributed by atoms with E-state index in [1.165, 1.54) is 0 Å². The van der Waals surface area contributed by atoms with E-state index in [0.29, 0.717) is 11.4 Å². The van der Waals surface area contributed by atoms with Crippen molar-refractivity contribution in [1.82, 2.24) is 5.32 Å². The average Bonchev–Trinajstić information content (AvgIpc) is 2.82. The SMILES string of the molecule is CCOC(=O)C(C(=O)OCC)[C@]1(NC(C)C)C(=O)N(c2ccc(OC)cc2)[C@@H]1c1ccccc1. The van der Waals surface area contributed by atoms with E-state index in [2.05, 4.69) is 5.32 Å². The van der Waals surface area contributed by atoms with Crippen LogP contribution in [-0.4, -0.2) is 49.8 Å². The molecule has 0 spiro atoms. The summed E-state index contributed by atoms with van der Waals surface area (Å²) in [5.41, 5.74) is -0.203. The van der Waals surface area contributed by atoms with Crippen LogP contribution in [-0.2, 0) is 23.9 Å². The second-order valence-electron chi connectivity index (χ2n) is 8.29. The summed E-state index contributed by atoms with van der Waals surface area (Å²) < 4.78 is 15.8. The molecule has 1 N–H and O–H groups in total. The summed E-state index contributed by atoms with van der Waals surface area (Å²) in [7, 11) is 1.57. The molecule has 1 saturated heterocycles. The number of nitrogens with zero attached hydrogens (tertiary/aromatic N) is 1. The molecule has 1 aliphatic heterocycles. The number of nitrogens with one attached hydrogen (secondary N) is 1. The molecule has 1 aliphatic rings. The van der Waals surface area contributed by atoms with Crippen LogP contribution < -0.4 is 15.0 Å². The summed E-state index contributed by atoms with van der Waals surface area (Å²) in [4.78, 5) is 42.0. The van der Waals surface area contributed by atoms with Crippen LogP contribution in [0.2, 0.25) is 0 Å². The highest BCUT2D eigenvalue weighted by atomic mass is 16.6. The van der Waals surface area contributed by atoms with Gasteiger partial charge in [0, 0.05) is 11.7 Å². The van der Waals surface area contributed by atoms with Crippen LogP contribution in [0.5, 0.6) is 5.75 Å². The Morgan fingerprint density at radius 1 is 0.971 bits per heavy atom. The van der Waals surface area contributed by atoms with Crippen molar-refractivity contribution in [2.75, 3.05) is 25.2 Å². The minimum atomic E-state index is -1.59. The Morgan fingerprint density at radius 3 is 2.00 bits per heavy atom. The monoisotopic (exact) mass is 468 g/mol. The van der Waals surface area contributed by atoms with Gasteiger partial charge in [-0.15, -0.1) is 0 Å². The fourth-order valence-electron chi connectivity index (χ4n) is 4.53. The number of rotatable bonds is 10. The molecule has 0 radical (unpaired) electrons. The third kappa shape index (κ3) is 4.50. The van der Waals surface area contributed by atoms with Gasteiger partial charge in [-0.05, 0) is 57.5 Å². The van der Waals surface area contributed by atoms with Crippen molar-refractivity contribution in [3.8, 4) is 5.75 Å². The predicted molar refractivity (Wildman–Crippen MR) is 127 cm³/mol. The molecule has 0 aliphatic carbocycles. The number of benzene rings is 2. The quantitative estimate of drug-likeness (QED) is 0.325. The second-order valence-corrected chi connectivity index (χ2v) is 8.29. The van der Waals surface area contributed by atoms with Crippen molar-refractivity contribution < 1.29 is 28.6 Å². The third-order valence-corrected chi connectivity index (χ3v) is 5.76. The summed E-state index contributed by atoms with van der Waals surface area (Å²) in [6.45, 7) is 7.17. The molecule has 2 aromatic carbocycles. The van der Waals surface area contributed by atoms with Gasteiger partial charge in [0.2, 0.25) is 0 Å². The first-order valence-corrected chi connectivity index (χ1v) is 11.4. The van der Waals surface area contributed by atoms with Gasteiger partial charge in [-0.25, -0.2) is 0 Å². The first-order valence-electron chi connectivity index (χ1n) is 11.4. The van der Waals surface area contributed by atoms with E-state index in [1.807, 2.05) is 44.2 Å². The van der Waals surface area contributed by atoms with Crippen LogP contribution in [0.3, 0.4) is 0 Å². The van der Waals surface area contributed by atoms with Crippen LogP contribution in [0, 0.1) is 5.92 Å². The zero-order chi connectivity index (χ0) is 24.9. The van der Waals surface area contributed by atoms with Gasteiger partial charge in [-0.3, -0.25) is 19.7 Å². The van der Waals surface area contributed by atoms with Crippen molar-refractivity contribution in [2.24, 2.45) is 5.92 Å². The molecule has 182 valence electrons. The molecule has 34 heavy (non-hydrogen) atoms.